The van der Waals surface area contributed by atoms with E-state index in [0.29, 0.717) is 17.5 Å². The molecule has 0 aromatic carbocycles. The molecule has 0 N–H and O–H groups in total. The van der Waals surface area contributed by atoms with E-state index >= 15 is 0 Å². The van der Waals surface area contributed by atoms with Crippen molar-refractivity contribution in [2.24, 2.45) is 5.92 Å². The van der Waals surface area contributed by atoms with Crippen molar-refractivity contribution in [3.05, 3.63) is 33.7 Å². The summed E-state index contributed by atoms with van der Waals surface area (Å²) in [6.45, 7) is 9.68. The van der Waals surface area contributed by atoms with Gasteiger partial charge in [-0.15, -0.1) is 11.3 Å². The van der Waals surface area contributed by atoms with Crippen LogP contribution in [0.15, 0.2) is 11.4 Å². The first-order valence-electron chi connectivity index (χ1n) is 10.4. The molecule has 0 radical (unpaired) electrons. The molecular weight excluding hydrogens is 370 g/mol. The van der Waals surface area contributed by atoms with Crippen LogP contribution in [0.25, 0.3) is 0 Å². The van der Waals surface area contributed by atoms with Crippen LogP contribution in [0.3, 0.4) is 0 Å². The molecule has 0 spiro atoms. The van der Waals surface area contributed by atoms with Gasteiger partial charge in [0.05, 0.1) is 5.01 Å². The van der Waals surface area contributed by atoms with Crippen LogP contribution in [0, 0.1) is 19.8 Å². The Morgan fingerprint density at radius 2 is 1.93 bits per heavy atom. The van der Waals surface area contributed by atoms with Crippen LogP contribution >= 0.6 is 11.3 Å². The fraction of sp³-hybridized carbons (Fsp3) is 0.619. The minimum Gasteiger partial charge on any atom is -0.357 e. The monoisotopic (exact) mass is 399 g/mol. The molecule has 0 unspecified atom stereocenters. The summed E-state index contributed by atoms with van der Waals surface area (Å²) in [5.41, 5.74) is 1.66. The van der Waals surface area contributed by atoms with Crippen molar-refractivity contribution in [1.29, 1.82) is 0 Å². The van der Waals surface area contributed by atoms with E-state index in [-0.39, 0.29) is 5.91 Å². The normalized spacial score (nSPS) is 17.8. The summed E-state index contributed by atoms with van der Waals surface area (Å²) in [6.07, 6.45) is 4.52. The zero-order valence-corrected chi connectivity index (χ0v) is 17.8. The molecule has 1 amide bonds. The standard InChI is InChI=1S/C21H29N5OS/c1-4-25(19-11-14(2)22-15(3)23-19)12-16-7-9-26(10-8-16)21(27)18-13-28-20(24-18)17-5-6-17/h11,13,16-17H,4-10,12H2,1-3H3. The molecule has 1 aliphatic carbocycles. The van der Waals surface area contributed by atoms with E-state index in [9.17, 15) is 4.79 Å². The lowest BCUT2D eigenvalue weighted by atomic mass is 9.96. The summed E-state index contributed by atoms with van der Waals surface area (Å²) >= 11 is 1.65. The van der Waals surface area contributed by atoms with E-state index in [2.05, 4.69) is 32.8 Å². The molecule has 28 heavy (non-hydrogen) atoms. The van der Waals surface area contributed by atoms with E-state index in [1.165, 1.54) is 12.8 Å². The minimum atomic E-state index is 0.107. The van der Waals surface area contributed by atoms with Crippen molar-refractivity contribution in [3.63, 3.8) is 0 Å². The van der Waals surface area contributed by atoms with Crippen molar-refractivity contribution in [2.45, 2.75) is 52.4 Å². The number of piperidine rings is 1. The zero-order valence-electron chi connectivity index (χ0n) is 17.0. The Morgan fingerprint density at radius 3 is 2.57 bits per heavy atom. The highest BCUT2D eigenvalue weighted by atomic mass is 32.1. The number of aromatic nitrogens is 3. The molecule has 1 saturated carbocycles. The van der Waals surface area contributed by atoms with E-state index in [4.69, 9.17) is 0 Å². The highest BCUT2D eigenvalue weighted by molar-refractivity contribution is 7.10. The van der Waals surface area contributed by atoms with Crippen LogP contribution < -0.4 is 4.90 Å². The molecule has 2 fully saturated rings. The van der Waals surface area contributed by atoms with Gasteiger partial charge < -0.3 is 9.80 Å². The lowest BCUT2D eigenvalue weighted by Gasteiger charge is -2.35. The van der Waals surface area contributed by atoms with Gasteiger partial charge in [0.1, 0.15) is 17.3 Å². The van der Waals surface area contributed by atoms with Crippen LogP contribution in [-0.2, 0) is 0 Å². The average molecular weight is 400 g/mol. The molecule has 6 nitrogen and oxygen atoms in total. The lowest BCUT2D eigenvalue weighted by Crippen LogP contribution is -2.42. The molecular formula is C21H29N5OS. The summed E-state index contributed by atoms with van der Waals surface area (Å²) in [5, 5.41) is 3.09. The highest BCUT2D eigenvalue weighted by Gasteiger charge is 2.30. The van der Waals surface area contributed by atoms with E-state index in [1.807, 2.05) is 24.1 Å². The second-order valence-corrected chi connectivity index (χ2v) is 8.92. The molecule has 0 bridgehead atoms. The Bertz CT molecular complexity index is 819. The average Bonchev–Trinajstić information content (AvgIpc) is 3.42. The number of hydrogen-bond acceptors (Lipinski definition) is 6. The topological polar surface area (TPSA) is 62.2 Å². The number of hydrogen-bond donors (Lipinski definition) is 0. The maximum atomic E-state index is 12.8. The van der Waals surface area contributed by atoms with Gasteiger partial charge in [0.2, 0.25) is 0 Å². The van der Waals surface area contributed by atoms with Gasteiger partial charge in [-0.1, -0.05) is 0 Å². The number of carbonyl (C=O) groups excluding carboxylic acids is 1. The molecule has 7 heteroatoms. The van der Waals surface area contributed by atoms with Gasteiger partial charge in [-0.2, -0.15) is 0 Å². The van der Waals surface area contributed by atoms with E-state index < -0.39 is 0 Å². The molecule has 3 heterocycles. The van der Waals surface area contributed by atoms with Gasteiger partial charge >= 0.3 is 0 Å². The van der Waals surface area contributed by atoms with E-state index in [0.717, 1.165) is 61.4 Å². The Morgan fingerprint density at radius 1 is 1.18 bits per heavy atom. The zero-order chi connectivity index (χ0) is 19.7. The van der Waals surface area contributed by atoms with Gasteiger partial charge in [0, 0.05) is 49.2 Å². The minimum absolute atomic E-state index is 0.107. The fourth-order valence-electron chi connectivity index (χ4n) is 3.94. The Kier molecular flexibility index (Phi) is 5.62. The Balaban J connectivity index is 1.33. The Labute approximate surface area is 171 Å². The van der Waals surface area contributed by atoms with Gasteiger partial charge in [0.15, 0.2) is 0 Å². The lowest BCUT2D eigenvalue weighted by molar-refractivity contribution is 0.0687. The first-order valence-corrected chi connectivity index (χ1v) is 11.2. The van der Waals surface area contributed by atoms with Crippen LogP contribution in [0.2, 0.25) is 0 Å². The molecule has 0 atom stereocenters. The number of aryl methyl sites for hydroxylation is 2. The van der Waals surface area contributed by atoms with Crippen molar-refractivity contribution in [1.82, 2.24) is 19.9 Å². The van der Waals surface area contributed by atoms with E-state index in [1.54, 1.807) is 11.3 Å². The summed E-state index contributed by atoms with van der Waals surface area (Å²) in [6, 6.07) is 2.06. The second kappa shape index (κ2) is 8.15. The molecule has 2 aromatic rings. The maximum Gasteiger partial charge on any atom is 0.273 e. The number of nitrogens with zero attached hydrogens (tertiary/aromatic N) is 5. The first-order chi connectivity index (χ1) is 13.5. The number of carbonyl (C=O) groups is 1. The second-order valence-electron chi connectivity index (χ2n) is 8.03. The SMILES string of the molecule is CCN(CC1CCN(C(=O)c2csc(C3CC3)n2)CC1)c1cc(C)nc(C)n1. The number of amides is 1. The third kappa shape index (κ3) is 4.35. The largest absolute Gasteiger partial charge is 0.357 e. The number of thiazole rings is 1. The number of rotatable bonds is 6. The van der Waals surface area contributed by atoms with Crippen molar-refractivity contribution < 1.29 is 4.79 Å². The van der Waals surface area contributed by atoms with Crippen LogP contribution in [0.4, 0.5) is 5.82 Å². The van der Waals surface area contributed by atoms with Gasteiger partial charge in [-0.05, 0) is 52.4 Å². The smallest absolute Gasteiger partial charge is 0.273 e. The Hall–Kier alpha value is -2.02. The quantitative estimate of drug-likeness (QED) is 0.739. The summed E-state index contributed by atoms with van der Waals surface area (Å²) in [7, 11) is 0. The maximum absolute atomic E-state index is 12.8. The molecule has 2 aliphatic rings. The predicted octanol–water partition coefficient (Wildman–Crippen LogP) is 3.81. The third-order valence-corrected chi connectivity index (χ3v) is 6.71. The number of likely N-dealkylation sites (tertiary alicyclic amines) is 1. The van der Waals surface area contributed by atoms with Crippen LogP contribution in [0.5, 0.6) is 0 Å². The van der Waals surface area contributed by atoms with Crippen LogP contribution in [0.1, 0.15) is 65.5 Å². The summed E-state index contributed by atoms with van der Waals surface area (Å²) < 4.78 is 0. The summed E-state index contributed by atoms with van der Waals surface area (Å²) in [4.78, 5) is 30.7. The van der Waals surface area contributed by atoms with Crippen molar-refractivity contribution >= 4 is 23.1 Å². The molecule has 4 rings (SSSR count). The molecule has 1 aliphatic heterocycles. The van der Waals surface area contributed by atoms with Crippen molar-refractivity contribution in [3.8, 4) is 0 Å². The van der Waals surface area contributed by atoms with Gasteiger partial charge in [0.25, 0.3) is 5.91 Å². The van der Waals surface area contributed by atoms with Crippen LogP contribution in [-0.4, -0.2) is 51.9 Å². The van der Waals surface area contributed by atoms with Gasteiger partial charge in [-0.25, -0.2) is 15.0 Å². The molecule has 1 saturated heterocycles. The molecule has 2 aromatic heterocycles. The highest BCUT2D eigenvalue weighted by Crippen LogP contribution is 2.41. The first kappa shape index (κ1) is 19.3. The predicted molar refractivity (Wildman–Crippen MR) is 112 cm³/mol. The fourth-order valence-corrected chi connectivity index (χ4v) is 4.91. The van der Waals surface area contributed by atoms with Crippen molar-refractivity contribution in [2.75, 3.05) is 31.1 Å². The molecule has 150 valence electrons. The number of anilines is 1. The summed E-state index contributed by atoms with van der Waals surface area (Å²) in [5.74, 6) is 3.14. The third-order valence-electron chi connectivity index (χ3n) is 5.71. The van der Waals surface area contributed by atoms with Gasteiger partial charge in [-0.3, -0.25) is 4.79 Å².